The summed E-state index contributed by atoms with van der Waals surface area (Å²) in [6.45, 7) is 0. The fraction of sp³-hybridized carbons (Fsp3) is 0. The molecular weight excluding hydrogens is 1380 g/mol. The molecule has 0 radical (unpaired) electrons. The van der Waals surface area contributed by atoms with E-state index in [1.165, 1.54) is 198 Å². The predicted octanol–water partition coefficient (Wildman–Crippen LogP) is 28.6. The van der Waals surface area contributed by atoms with Crippen molar-refractivity contribution in [3.05, 3.63) is 437 Å². The molecule has 0 bridgehead atoms. The molecule has 0 aliphatic heterocycles. The Bertz CT molecular complexity index is 7500. The minimum Gasteiger partial charge on any atom is -0.309 e. The molecule has 0 unspecified atom stereocenters. The summed E-state index contributed by atoms with van der Waals surface area (Å²) in [6.07, 6.45) is 0. The molecule has 18 aromatic carbocycles. The number of hydrogen-bond acceptors (Lipinski definition) is 0. The summed E-state index contributed by atoms with van der Waals surface area (Å²) in [5.41, 5.74) is 29.2. The molecule has 534 valence electrons. The van der Waals surface area contributed by atoms with E-state index in [1.807, 2.05) is 0 Å². The van der Waals surface area contributed by atoms with Gasteiger partial charge in [0.15, 0.2) is 0 Å². The van der Waals surface area contributed by atoms with Gasteiger partial charge in [0, 0.05) is 98.8 Å². The number of benzene rings is 18. The summed E-state index contributed by atoms with van der Waals surface area (Å²) < 4.78 is 14.3. The van der Waals surface area contributed by atoms with Crippen LogP contribution >= 0.6 is 0 Å². The van der Waals surface area contributed by atoms with Gasteiger partial charge in [-0.2, -0.15) is 0 Å². The van der Waals surface area contributed by atoms with E-state index in [-0.39, 0.29) is 0 Å². The smallest absolute Gasteiger partial charge is 0.0547 e. The molecule has 6 aromatic heterocycles. The quantitative estimate of drug-likeness (QED) is 0.138. The first-order valence-corrected chi connectivity index (χ1v) is 39.1. The molecule has 0 aliphatic carbocycles. The summed E-state index contributed by atoms with van der Waals surface area (Å²) >= 11 is 0. The lowest BCUT2D eigenvalue weighted by atomic mass is 9.95. The minimum atomic E-state index is 1.18. The van der Waals surface area contributed by atoms with Crippen LogP contribution in [0.2, 0.25) is 0 Å². The van der Waals surface area contributed by atoms with Crippen LogP contribution in [-0.2, 0) is 0 Å². The maximum absolute atomic E-state index is 2.39. The topological polar surface area (TPSA) is 29.6 Å². The van der Waals surface area contributed by atoms with Crippen LogP contribution in [0.4, 0.5) is 0 Å². The lowest BCUT2D eigenvalue weighted by Gasteiger charge is -2.10. The molecule has 0 aliphatic rings. The van der Waals surface area contributed by atoms with Crippen LogP contribution in [0.1, 0.15) is 0 Å². The predicted molar refractivity (Wildman–Crippen MR) is 482 cm³/mol. The highest BCUT2D eigenvalue weighted by Crippen LogP contribution is 2.47. The third-order valence-electron chi connectivity index (χ3n) is 23.1. The molecule has 0 spiro atoms. The van der Waals surface area contributed by atoms with Gasteiger partial charge >= 0.3 is 0 Å². The fourth-order valence-corrected chi connectivity index (χ4v) is 18.3. The number of fused-ring (bicyclic) bond motifs is 18. The number of hydrogen-bond donors (Lipinski definition) is 0. The number of aromatic nitrogens is 6. The lowest BCUT2D eigenvalue weighted by Crippen LogP contribution is -1.94. The van der Waals surface area contributed by atoms with Gasteiger partial charge in [-0.15, -0.1) is 0 Å². The molecule has 24 rings (SSSR count). The zero-order chi connectivity index (χ0) is 75.2. The third kappa shape index (κ3) is 10.7. The van der Waals surface area contributed by atoms with Crippen molar-refractivity contribution >= 4 is 131 Å². The third-order valence-corrected chi connectivity index (χ3v) is 23.1. The second kappa shape index (κ2) is 27.4. The second-order valence-corrected chi connectivity index (χ2v) is 29.4. The standard InChI is InChI=1S/3C36H24N2/c1-3-13-25(14-4-1)37-31-21-9-7-17-29(31)35-27(19-11-23-33(35)37)28-20-12-24-34-36(28)30-18-8-10-22-32(30)38(34)26-15-5-2-6-16-26;1-3-12-26(13-4-1)37-32-19-9-7-16-29(32)31-24-25(22-23-34(31)37)28-18-11-21-35-36(28)30-17-8-10-20-33(30)38(35)27-14-5-2-6-15-27;1-3-11-27(12-4-1)37-33-17-9-7-15-29(33)31-21-19-25(23-35(31)37)26-20-22-32-30-16-8-10-18-34(30)38(36(32)24-26)28-13-5-2-6-14-28/h3*1-24H. The molecule has 0 N–H and O–H groups in total. The molecule has 114 heavy (non-hydrogen) atoms. The van der Waals surface area contributed by atoms with Crippen LogP contribution in [-0.4, -0.2) is 27.4 Å². The van der Waals surface area contributed by atoms with Gasteiger partial charge in [-0.05, 0) is 185 Å². The molecule has 0 fully saturated rings. The van der Waals surface area contributed by atoms with E-state index in [0.717, 1.165) is 0 Å². The maximum Gasteiger partial charge on any atom is 0.0547 e. The minimum absolute atomic E-state index is 1.18. The number of nitrogens with zero attached hydrogens (tertiary/aromatic N) is 6. The molecular formula is C108H72N6. The Balaban J connectivity index is 0.000000104. The van der Waals surface area contributed by atoms with E-state index < -0.39 is 0 Å². The Hall–Kier alpha value is -15.2. The maximum atomic E-state index is 2.39. The van der Waals surface area contributed by atoms with Crippen molar-refractivity contribution < 1.29 is 0 Å². The van der Waals surface area contributed by atoms with Gasteiger partial charge in [0.05, 0.1) is 66.2 Å². The van der Waals surface area contributed by atoms with Gasteiger partial charge in [0.2, 0.25) is 0 Å². The van der Waals surface area contributed by atoms with Gasteiger partial charge in [-0.25, -0.2) is 0 Å². The van der Waals surface area contributed by atoms with E-state index in [9.17, 15) is 0 Å². The van der Waals surface area contributed by atoms with Crippen molar-refractivity contribution in [2.45, 2.75) is 0 Å². The summed E-state index contributed by atoms with van der Waals surface area (Å²) in [4.78, 5) is 0. The molecule has 6 nitrogen and oxygen atoms in total. The monoisotopic (exact) mass is 1450 g/mol. The van der Waals surface area contributed by atoms with Crippen molar-refractivity contribution in [1.29, 1.82) is 0 Å². The highest BCUT2D eigenvalue weighted by molar-refractivity contribution is 6.23. The molecule has 0 amide bonds. The van der Waals surface area contributed by atoms with Crippen LogP contribution in [0, 0.1) is 0 Å². The highest BCUT2D eigenvalue weighted by atomic mass is 15.0. The van der Waals surface area contributed by atoms with Crippen LogP contribution in [0.25, 0.3) is 198 Å². The van der Waals surface area contributed by atoms with Crippen LogP contribution < -0.4 is 0 Å². The van der Waals surface area contributed by atoms with Gasteiger partial charge in [0.25, 0.3) is 0 Å². The molecule has 24 aromatic rings. The van der Waals surface area contributed by atoms with Crippen molar-refractivity contribution in [3.63, 3.8) is 0 Å². The van der Waals surface area contributed by atoms with Gasteiger partial charge in [-0.1, -0.05) is 285 Å². The van der Waals surface area contributed by atoms with Crippen molar-refractivity contribution in [1.82, 2.24) is 27.4 Å². The Morgan fingerprint density at radius 2 is 0.333 bits per heavy atom. The van der Waals surface area contributed by atoms with E-state index in [0.29, 0.717) is 0 Å². The Morgan fingerprint density at radius 1 is 0.114 bits per heavy atom. The second-order valence-electron chi connectivity index (χ2n) is 29.4. The van der Waals surface area contributed by atoms with Crippen LogP contribution in [0.5, 0.6) is 0 Å². The van der Waals surface area contributed by atoms with E-state index in [2.05, 4.69) is 464 Å². The molecule has 0 saturated carbocycles. The normalized spacial score (nSPS) is 11.7. The van der Waals surface area contributed by atoms with Crippen LogP contribution in [0.3, 0.4) is 0 Å². The SMILES string of the molecule is c1ccc(-n2c3ccccc3c3c(-c4cccc5c4c4ccccc4n5-c4ccccc4)cccc32)cc1.c1ccc(-n2c3ccccc3c3cc(-c4cccc5c4c4ccccc4n5-c4ccccc4)ccc32)cc1.c1ccc(-n2c3ccccc3c3ccc(-c4ccc5c6ccccc6n(-c6ccccc6)c5c4)cc32)cc1. The van der Waals surface area contributed by atoms with E-state index in [4.69, 9.17) is 0 Å². The Morgan fingerprint density at radius 3 is 0.667 bits per heavy atom. The summed E-state index contributed by atoms with van der Waals surface area (Å²) in [5.74, 6) is 0. The average Bonchev–Trinajstić information content (AvgIpc) is 1.57. The van der Waals surface area contributed by atoms with Gasteiger partial charge in [0.1, 0.15) is 0 Å². The van der Waals surface area contributed by atoms with E-state index in [1.54, 1.807) is 0 Å². The highest BCUT2D eigenvalue weighted by Gasteiger charge is 2.24. The Kier molecular flexibility index (Phi) is 15.8. The van der Waals surface area contributed by atoms with Gasteiger partial charge < -0.3 is 27.4 Å². The Labute approximate surface area is 658 Å². The molecule has 0 atom stereocenters. The zero-order valence-electron chi connectivity index (χ0n) is 62.3. The summed E-state index contributed by atoms with van der Waals surface area (Å²) in [6, 6.07) is 157. The summed E-state index contributed by atoms with van der Waals surface area (Å²) in [5, 5.41) is 15.3. The first-order valence-electron chi connectivity index (χ1n) is 39.1. The van der Waals surface area contributed by atoms with Crippen LogP contribution in [0.15, 0.2) is 437 Å². The van der Waals surface area contributed by atoms with Crippen molar-refractivity contribution in [3.8, 4) is 67.5 Å². The summed E-state index contributed by atoms with van der Waals surface area (Å²) in [7, 11) is 0. The number of rotatable bonds is 9. The fourth-order valence-electron chi connectivity index (χ4n) is 18.3. The van der Waals surface area contributed by atoms with Gasteiger partial charge in [-0.3, -0.25) is 0 Å². The van der Waals surface area contributed by atoms with Crippen molar-refractivity contribution in [2.75, 3.05) is 0 Å². The molecule has 0 saturated heterocycles. The zero-order valence-corrected chi connectivity index (χ0v) is 62.3. The average molecular weight is 1450 g/mol. The van der Waals surface area contributed by atoms with Crippen molar-refractivity contribution in [2.24, 2.45) is 0 Å². The lowest BCUT2D eigenvalue weighted by molar-refractivity contribution is 1.18. The van der Waals surface area contributed by atoms with E-state index >= 15 is 0 Å². The first-order chi connectivity index (χ1) is 56.6. The molecule has 6 heterocycles. The number of para-hydroxylation sites is 12. The first kappa shape index (κ1) is 65.8. The molecule has 6 heteroatoms. The largest absolute Gasteiger partial charge is 0.309 e.